The van der Waals surface area contributed by atoms with Crippen molar-refractivity contribution < 1.29 is 9.53 Å². The lowest BCUT2D eigenvalue weighted by atomic mass is 10.5. The van der Waals surface area contributed by atoms with Gasteiger partial charge >= 0.3 is 5.97 Å². The van der Waals surface area contributed by atoms with Gasteiger partial charge in [0.15, 0.2) is 21.6 Å². The summed E-state index contributed by atoms with van der Waals surface area (Å²) in [6.45, 7) is 1.92. The number of carbonyl (C=O) groups excluding carboxylic acids is 1. The highest BCUT2D eigenvalue weighted by Gasteiger charge is 2.21. The van der Waals surface area contributed by atoms with Crippen LogP contribution in [-0.4, -0.2) is 26.9 Å². The summed E-state index contributed by atoms with van der Waals surface area (Å²) in [4.78, 5) is 19.3. The Labute approximate surface area is 111 Å². The van der Waals surface area contributed by atoms with Gasteiger partial charge < -0.3 is 4.74 Å². The van der Waals surface area contributed by atoms with Crippen LogP contribution in [0.25, 0.3) is 5.65 Å². The molecule has 0 bridgehead atoms. The number of rotatable bonds is 2. The number of nitrogens with zero attached hydrogens (tertiary/aromatic N) is 3. The predicted molar refractivity (Wildman–Crippen MR) is 64.0 cm³/mol. The molecule has 0 saturated carbocycles. The summed E-state index contributed by atoms with van der Waals surface area (Å²) in [5.74, 6) is -0.617. The molecule has 17 heavy (non-hydrogen) atoms. The van der Waals surface area contributed by atoms with Crippen molar-refractivity contribution in [1.29, 1.82) is 0 Å². The average molecular weight is 295 g/mol. The van der Waals surface area contributed by atoms with E-state index in [9.17, 15) is 4.79 Å². The maximum Gasteiger partial charge on any atom is 0.360 e. The van der Waals surface area contributed by atoms with Crippen molar-refractivity contribution in [2.75, 3.05) is 6.61 Å². The molecule has 2 heterocycles. The largest absolute Gasteiger partial charge is 0.461 e. The maximum atomic E-state index is 11.6. The van der Waals surface area contributed by atoms with Crippen molar-refractivity contribution in [1.82, 2.24) is 14.4 Å². The number of fused-ring (bicyclic) bond motifs is 1. The van der Waals surface area contributed by atoms with E-state index in [2.05, 4.69) is 9.97 Å². The third-order valence-corrected chi connectivity index (χ3v) is 3.05. The second kappa shape index (κ2) is 4.68. The average Bonchev–Trinajstić information content (AvgIpc) is 2.62. The fraction of sp³-hybridized carbons (Fsp3) is 0.222. The van der Waals surface area contributed by atoms with Crippen LogP contribution < -0.4 is 0 Å². The van der Waals surface area contributed by atoms with E-state index < -0.39 is 5.97 Å². The summed E-state index contributed by atoms with van der Waals surface area (Å²) in [5, 5.41) is 0.221. The Bertz CT molecular complexity index is 597. The van der Waals surface area contributed by atoms with E-state index in [4.69, 9.17) is 39.5 Å². The summed E-state index contributed by atoms with van der Waals surface area (Å²) in [7, 11) is 0. The predicted octanol–water partition coefficient (Wildman–Crippen LogP) is 2.87. The molecule has 0 amide bonds. The van der Waals surface area contributed by atoms with Crippen LogP contribution in [-0.2, 0) is 4.74 Å². The fourth-order valence-corrected chi connectivity index (χ4v) is 1.97. The Balaban J connectivity index is 2.65. The summed E-state index contributed by atoms with van der Waals surface area (Å²) >= 11 is 17.7. The molecule has 0 aromatic carbocycles. The van der Waals surface area contributed by atoms with Crippen LogP contribution in [0.1, 0.15) is 17.4 Å². The minimum atomic E-state index is -0.617. The number of halogens is 3. The molecule has 90 valence electrons. The molecule has 2 rings (SSSR count). The molecule has 0 radical (unpaired) electrons. The van der Waals surface area contributed by atoms with Crippen LogP contribution in [0.3, 0.4) is 0 Å². The number of imidazole rings is 1. The number of carbonyl (C=O) groups is 1. The zero-order valence-corrected chi connectivity index (χ0v) is 10.8. The van der Waals surface area contributed by atoms with Gasteiger partial charge in [-0.25, -0.2) is 14.8 Å². The molecule has 0 unspecified atom stereocenters. The third kappa shape index (κ3) is 2.06. The Kier molecular flexibility index (Phi) is 3.42. The monoisotopic (exact) mass is 293 g/mol. The second-order valence-corrected chi connectivity index (χ2v) is 4.08. The lowest BCUT2D eigenvalue weighted by Crippen LogP contribution is -2.05. The van der Waals surface area contributed by atoms with Crippen LogP contribution in [0.15, 0.2) is 6.20 Å². The van der Waals surface area contributed by atoms with Gasteiger partial charge in [0.05, 0.1) is 12.8 Å². The number of aromatic nitrogens is 3. The molecule has 2 aromatic heterocycles. The Morgan fingerprint density at radius 1 is 1.41 bits per heavy atom. The third-order valence-electron chi connectivity index (χ3n) is 1.98. The molecule has 5 nitrogen and oxygen atoms in total. The van der Waals surface area contributed by atoms with Gasteiger partial charge in [-0.1, -0.05) is 34.8 Å². The van der Waals surface area contributed by atoms with E-state index in [1.54, 1.807) is 6.92 Å². The molecule has 0 fully saturated rings. The molecule has 0 aliphatic carbocycles. The smallest absolute Gasteiger partial charge is 0.360 e. The molecule has 0 aliphatic heterocycles. The lowest BCUT2D eigenvalue weighted by molar-refractivity contribution is 0.0520. The Morgan fingerprint density at radius 2 is 2.12 bits per heavy atom. The van der Waals surface area contributed by atoms with Gasteiger partial charge in [0, 0.05) is 0 Å². The van der Waals surface area contributed by atoms with E-state index in [1.807, 2.05) is 0 Å². The van der Waals surface area contributed by atoms with Gasteiger partial charge in [-0.2, -0.15) is 0 Å². The zero-order valence-electron chi connectivity index (χ0n) is 8.58. The summed E-state index contributed by atoms with van der Waals surface area (Å²) in [6, 6.07) is 0. The molecule has 0 spiro atoms. The zero-order chi connectivity index (χ0) is 12.6. The van der Waals surface area contributed by atoms with E-state index in [1.165, 1.54) is 10.6 Å². The minimum absolute atomic E-state index is 0.0144. The fourth-order valence-electron chi connectivity index (χ4n) is 1.28. The van der Waals surface area contributed by atoms with E-state index in [0.717, 1.165) is 0 Å². The van der Waals surface area contributed by atoms with E-state index in [0.29, 0.717) is 5.65 Å². The molecule has 8 heteroatoms. The van der Waals surface area contributed by atoms with Crippen LogP contribution in [0, 0.1) is 0 Å². The standard InChI is InChI=1S/C9H6Cl3N3O2/c1-2-17-9(16)5-7(11)15-4(14-5)3-13-6(10)8(15)12/h3H,2H2,1H3. The molecule has 2 aromatic rings. The first-order valence-electron chi connectivity index (χ1n) is 4.61. The van der Waals surface area contributed by atoms with Crippen molar-refractivity contribution >= 4 is 46.4 Å². The Morgan fingerprint density at radius 3 is 2.76 bits per heavy atom. The summed E-state index contributed by atoms with van der Waals surface area (Å²) < 4.78 is 6.14. The molecule has 0 saturated heterocycles. The van der Waals surface area contributed by atoms with Crippen molar-refractivity contribution in [3.05, 3.63) is 27.4 Å². The number of hydrogen-bond acceptors (Lipinski definition) is 4. The van der Waals surface area contributed by atoms with Crippen molar-refractivity contribution in [2.45, 2.75) is 6.92 Å². The first kappa shape index (κ1) is 12.4. The van der Waals surface area contributed by atoms with E-state index >= 15 is 0 Å². The first-order valence-corrected chi connectivity index (χ1v) is 5.74. The molecular formula is C9H6Cl3N3O2. The highest BCUT2D eigenvalue weighted by Crippen LogP contribution is 2.27. The maximum absolute atomic E-state index is 11.6. The van der Waals surface area contributed by atoms with Gasteiger partial charge in [-0.3, -0.25) is 4.40 Å². The summed E-state index contributed by atoms with van der Waals surface area (Å²) in [5.41, 5.74) is 0.312. The normalized spacial score (nSPS) is 10.8. The highest BCUT2D eigenvalue weighted by molar-refractivity contribution is 6.41. The molecule has 0 N–H and O–H groups in total. The van der Waals surface area contributed by atoms with Crippen LogP contribution in [0.5, 0.6) is 0 Å². The summed E-state index contributed by atoms with van der Waals surface area (Å²) in [6.07, 6.45) is 1.36. The van der Waals surface area contributed by atoms with Crippen LogP contribution >= 0.6 is 34.8 Å². The van der Waals surface area contributed by atoms with Crippen LogP contribution in [0.2, 0.25) is 15.5 Å². The van der Waals surface area contributed by atoms with Gasteiger partial charge in [0.1, 0.15) is 5.15 Å². The van der Waals surface area contributed by atoms with Gasteiger partial charge in [-0.05, 0) is 6.92 Å². The second-order valence-electron chi connectivity index (χ2n) is 3.01. The molecular weight excluding hydrogens is 288 g/mol. The topological polar surface area (TPSA) is 56.5 Å². The quantitative estimate of drug-likeness (QED) is 0.799. The van der Waals surface area contributed by atoms with Crippen molar-refractivity contribution in [2.24, 2.45) is 0 Å². The van der Waals surface area contributed by atoms with E-state index in [-0.39, 0.29) is 27.8 Å². The molecule has 0 atom stereocenters. The van der Waals surface area contributed by atoms with Crippen molar-refractivity contribution in [3.8, 4) is 0 Å². The Hall–Kier alpha value is -1.04. The minimum Gasteiger partial charge on any atom is -0.461 e. The van der Waals surface area contributed by atoms with Gasteiger partial charge in [0.2, 0.25) is 0 Å². The van der Waals surface area contributed by atoms with Crippen LogP contribution in [0.4, 0.5) is 0 Å². The van der Waals surface area contributed by atoms with Crippen molar-refractivity contribution in [3.63, 3.8) is 0 Å². The first-order chi connectivity index (χ1) is 8.06. The van der Waals surface area contributed by atoms with Gasteiger partial charge in [0.25, 0.3) is 0 Å². The number of hydrogen-bond donors (Lipinski definition) is 0. The highest BCUT2D eigenvalue weighted by atomic mass is 35.5. The number of ether oxygens (including phenoxy) is 1. The lowest BCUT2D eigenvalue weighted by Gasteiger charge is -2.00. The molecule has 0 aliphatic rings. The number of esters is 1. The SMILES string of the molecule is CCOC(=O)c1nc2cnc(Cl)c(Cl)n2c1Cl. The van der Waals surface area contributed by atoms with Gasteiger partial charge in [-0.15, -0.1) is 0 Å².